The van der Waals surface area contributed by atoms with E-state index in [0.717, 1.165) is 12.5 Å². The Kier molecular flexibility index (Phi) is 5.22. The van der Waals surface area contributed by atoms with E-state index in [0.29, 0.717) is 6.04 Å². The summed E-state index contributed by atoms with van der Waals surface area (Å²) in [6, 6.07) is 2.86. The lowest BCUT2D eigenvalue weighted by molar-refractivity contribution is 0.168. The van der Waals surface area contributed by atoms with Crippen LogP contribution in [0.5, 0.6) is 0 Å². The van der Waals surface area contributed by atoms with E-state index in [-0.39, 0.29) is 0 Å². The van der Waals surface area contributed by atoms with Gasteiger partial charge < -0.3 is 10.2 Å². The molecule has 0 bridgehead atoms. The number of thiophene rings is 1. The molecule has 1 saturated heterocycles. The molecule has 0 amide bonds. The van der Waals surface area contributed by atoms with Crippen molar-refractivity contribution in [3.8, 4) is 0 Å². The summed E-state index contributed by atoms with van der Waals surface area (Å²) >= 11 is 1.87. The van der Waals surface area contributed by atoms with Crippen LogP contribution in [0.1, 0.15) is 37.1 Å². The minimum Gasteiger partial charge on any atom is -0.309 e. The summed E-state index contributed by atoms with van der Waals surface area (Å²) in [4.78, 5) is 4.06. The number of hydrogen-bond acceptors (Lipinski definition) is 3. The summed E-state index contributed by atoms with van der Waals surface area (Å²) in [6.45, 7) is 11.6. The molecule has 0 aromatic carbocycles. The third-order valence-electron chi connectivity index (χ3n) is 4.34. The highest BCUT2D eigenvalue weighted by Crippen LogP contribution is 2.21. The Labute approximate surface area is 115 Å². The largest absolute Gasteiger partial charge is 0.309 e. The van der Waals surface area contributed by atoms with E-state index in [2.05, 4.69) is 42.4 Å². The highest BCUT2D eigenvalue weighted by atomic mass is 32.1. The molecule has 0 aliphatic carbocycles. The number of rotatable bonds is 5. The molecule has 3 heteroatoms. The molecule has 1 N–H and O–H groups in total. The predicted molar refractivity (Wildman–Crippen MR) is 80.2 cm³/mol. The van der Waals surface area contributed by atoms with Gasteiger partial charge in [-0.25, -0.2) is 0 Å². The maximum Gasteiger partial charge on any atom is 0.0304 e. The van der Waals surface area contributed by atoms with Gasteiger partial charge in [-0.1, -0.05) is 6.92 Å². The average molecular weight is 266 g/mol. The second kappa shape index (κ2) is 6.69. The first-order chi connectivity index (χ1) is 8.70. The van der Waals surface area contributed by atoms with Crippen LogP contribution in [-0.2, 0) is 6.54 Å². The summed E-state index contributed by atoms with van der Waals surface area (Å²) in [5, 5.41) is 5.91. The van der Waals surface area contributed by atoms with Crippen LogP contribution in [0.3, 0.4) is 0 Å². The van der Waals surface area contributed by atoms with Crippen LogP contribution in [0, 0.1) is 12.8 Å². The molecule has 1 atom stereocenters. The molecule has 2 rings (SSSR count). The lowest BCUT2D eigenvalue weighted by atomic mass is 9.90. The molecule has 1 aliphatic rings. The number of nitrogens with zero attached hydrogens (tertiary/aromatic N) is 1. The number of likely N-dealkylation sites (tertiary alicyclic amines) is 1. The molecule has 1 fully saturated rings. The molecule has 1 unspecified atom stereocenters. The Hall–Kier alpha value is -0.380. The standard InChI is InChI=1S/C15H26N2S/c1-4-17-8-5-14(6-9-17)13(3)16-11-15-12(2)7-10-18-15/h7,10,13-14,16H,4-6,8-9,11H2,1-3H3. The molecular formula is C15H26N2S. The summed E-state index contributed by atoms with van der Waals surface area (Å²) in [6.07, 6.45) is 2.71. The quantitative estimate of drug-likeness (QED) is 0.880. The SMILES string of the molecule is CCN1CCC(C(C)NCc2sccc2C)CC1. The van der Waals surface area contributed by atoms with Crippen LogP contribution in [0.2, 0.25) is 0 Å². The first-order valence-corrected chi connectivity index (χ1v) is 8.07. The van der Waals surface area contributed by atoms with Crippen molar-refractivity contribution >= 4 is 11.3 Å². The van der Waals surface area contributed by atoms with Gasteiger partial charge in [-0.15, -0.1) is 11.3 Å². The van der Waals surface area contributed by atoms with E-state index in [9.17, 15) is 0 Å². The Bertz CT molecular complexity index is 353. The topological polar surface area (TPSA) is 15.3 Å². The third-order valence-corrected chi connectivity index (χ3v) is 5.36. The van der Waals surface area contributed by atoms with Gasteiger partial charge in [0.25, 0.3) is 0 Å². The molecule has 1 aromatic rings. The minimum absolute atomic E-state index is 0.644. The van der Waals surface area contributed by atoms with Crippen molar-refractivity contribution in [3.05, 3.63) is 21.9 Å². The molecule has 1 aliphatic heterocycles. The van der Waals surface area contributed by atoms with Crippen molar-refractivity contribution in [2.45, 2.75) is 46.2 Å². The Morgan fingerprint density at radius 3 is 2.72 bits per heavy atom. The lowest BCUT2D eigenvalue weighted by Gasteiger charge is -2.34. The summed E-state index contributed by atoms with van der Waals surface area (Å²) in [7, 11) is 0. The zero-order valence-corrected chi connectivity index (χ0v) is 12.7. The Balaban J connectivity index is 1.75. The van der Waals surface area contributed by atoms with Crippen molar-refractivity contribution in [1.82, 2.24) is 10.2 Å². The third kappa shape index (κ3) is 3.56. The van der Waals surface area contributed by atoms with E-state index in [1.807, 2.05) is 11.3 Å². The van der Waals surface area contributed by atoms with E-state index < -0.39 is 0 Å². The van der Waals surface area contributed by atoms with Crippen LogP contribution in [0.15, 0.2) is 11.4 Å². The van der Waals surface area contributed by atoms with Crippen LogP contribution < -0.4 is 5.32 Å². The summed E-state index contributed by atoms with van der Waals surface area (Å²) < 4.78 is 0. The van der Waals surface area contributed by atoms with Crippen LogP contribution in [0.25, 0.3) is 0 Å². The maximum atomic E-state index is 3.72. The van der Waals surface area contributed by atoms with Gasteiger partial charge >= 0.3 is 0 Å². The predicted octanol–water partition coefficient (Wildman–Crippen LogP) is 3.27. The van der Waals surface area contributed by atoms with Crippen LogP contribution in [0.4, 0.5) is 0 Å². The Morgan fingerprint density at radius 2 is 2.17 bits per heavy atom. The normalized spacial score (nSPS) is 20.2. The zero-order chi connectivity index (χ0) is 13.0. The second-order valence-electron chi connectivity index (χ2n) is 5.47. The van der Waals surface area contributed by atoms with E-state index >= 15 is 0 Å². The van der Waals surface area contributed by atoms with Gasteiger partial charge in [-0.2, -0.15) is 0 Å². The van der Waals surface area contributed by atoms with E-state index in [1.54, 1.807) is 0 Å². The second-order valence-corrected chi connectivity index (χ2v) is 6.47. The molecule has 102 valence electrons. The van der Waals surface area contributed by atoms with Gasteiger partial charge in [0.2, 0.25) is 0 Å². The van der Waals surface area contributed by atoms with Gasteiger partial charge in [0, 0.05) is 17.5 Å². The number of piperidine rings is 1. The van der Waals surface area contributed by atoms with Gasteiger partial charge in [-0.3, -0.25) is 0 Å². The van der Waals surface area contributed by atoms with Crippen molar-refractivity contribution in [3.63, 3.8) is 0 Å². The van der Waals surface area contributed by atoms with Gasteiger partial charge in [0.1, 0.15) is 0 Å². The van der Waals surface area contributed by atoms with Crippen LogP contribution >= 0.6 is 11.3 Å². The van der Waals surface area contributed by atoms with E-state index in [1.165, 1.54) is 42.9 Å². The smallest absolute Gasteiger partial charge is 0.0304 e. The highest BCUT2D eigenvalue weighted by molar-refractivity contribution is 7.10. The molecule has 0 saturated carbocycles. The molecule has 18 heavy (non-hydrogen) atoms. The summed E-state index contributed by atoms with van der Waals surface area (Å²) in [5.74, 6) is 0.855. The van der Waals surface area contributed by atoms with Crippen molar-refractivity contribution < 1.29 is 0 Å². The molecule has 2 heterocycles. The average Bonchev–Trinajstić information content (AvgIpc) is 2.81. The van der Waals surface area contributed by atoms with Crippen LogP contribution in [-0.4, -0.2) is 30.6 Å². The molecule has 0 spiro atoms. The fourth-order valence-corrected chi connectivity index (χ4v) is 3.63. The monoisotopic (exact) mass is 266 g/mol. The first kappa shape index (κ1) is 14.0. The zero-order valence-electron chi connectivity index (χ0n) is 11.9. The minimum atomic E-state index is 0.644. The number of hydrogen-bond donors (Lipinski definition) is 1. The van der Waals surface area contributed by atoms with Gasteiger partial charge in [0.05, 0.1) is 0 Å². The molecular weight excluding hydrogens is 240 g/mol. The molecule has 1 aromatic heterocycles. The highest BCUT2D eigenvalue weighted by Gasteiger charge is 2.22. The first-order valence-electron chi connectivity index (χ1n) is 7.19. The fraction of sp³-hybridized carbons (Fsp3) is 0.733. The molecule has 0 radical (unpaired) electrons. The Morgan fingerprint density at radius 1 is 1.44 bits per heavy atom. The van der Waals surface area contributed by atoms with Crippen molar-refractivity contribution in [2.24, 2.45) is 5.92 Å². The van der Waals surface area contributed by atoms with Gasteiger partial charge in [-0.05, 0) is 69.3 Å². The van der Waals surface area contributed by atoms with E-state index in [4.69, 9.17) is 0 Å². The van der Waals surface area contributed by atoms with Crippen molar-refractivity contribution in [1.29, 1.82) is 0 Å². The fourth-order valence-electron chi connectivity index (χ4n) is 2.77. The summed E-state index contributed by atoms with van der Waals surface area (Å²) in [5.41, 5.74) is 1.43. The van der Waals surface area contributed by atoms with Crippen molar-refractivity contribution in [2.75, 3.05) is 19.6 Å². The number of aryl methyl sites for hydroxylation is 1. The maximum absolute atomic E-state index is 3.72. The number of nitrogens with one attached hydrogen (secondary N) is 1. The molecule has 2 nitrogen and oxygen atoms in total. The van der Waals surface area contributed by atoms with Gasteiger partial charge in [0.15, 0.2) is 0 Å². The lowest BCUT2D eigenvalue weighted by Crippen LogP contribution is -2.41.